The van der Waals surface area contributed by atoms with Crippen molar-refractivity contribution < 1.29 is 18.0 Å². The van der Waals surface area contributed by atoms with E-state index < -0.39 is 18.3 Å². The molecule has 0 spiro atoms. The van der Waals surface area contributed by atoms with E-state index >= 15 is 0 Å². The van der Waals surface area contributed by atoms with E-state index in [1.165, 1.54) is 0 Å². The Morgan fingerprint density at radius 2 is 2.19 bits per heavy atom. The summed E-state index contributed by atoms with van der Waals surface area (Å²) in [6.07, 6.45) is -0.594. The second kappa shape index (κ2) is 7.25. The van der Waals surface area contributed by atoms with Crippen molar-refractivity contribution in [2.45, 2.75) is 26.2 Å². The fraction of sp³-hybridized carbons (Fsp3) is 0.222. The number of benzene rings is 1. The number of nitrogens with zero attached hydrogens (tertiary/aromatic N) is 3. The Labute approximate surface area is 157 Å². The van der Waals surface area contributed by atoms with Gasteiger partial charge in [-0.3, -0.25) is 10.1 Å². The topological polar surface area (TPSA) is 91.8 Å². The second-order valence-electron chi connectivity index (χ2n) is 5.99. The number of aryl methyl sites for hydroxylation is 1. The van der Waals surface area contributed by atoms with Gasteiger partial charge in [-0.1, -0.05) is 12.1 Å². The molecule has 0 aliphatic carbocycles. The summed E-state index contributed by atoms with van der Waals surface area (Å²) in [6, 6.07) is 10.4. The molecule has 0 unspecified atom stereocenters. The Hall–Kier alpha value is -3.12. The van der Waals surface area contributed by atoms with Crippen LogP contribution in [0.2, 0.25) is 0 Å². The molecule has 2 aromatic heterocycles. The molecule has 6 nitrogen and oxygen atoms in total. The number of halogens is 2. The molecule has 1 amide bonds. The molecule has 3 aromatic rings. The van der Waals surface area contributed by atoms with E-state index in [4.69, 9.17) is 9.68 Å². The van der Waals surface area contributed by atoms with Gasteiger partial charge >= 0.3 is 0 Å². The van der Waals surface area contributed by atoms with Gasteiger partial charge in [0.25, 0.3) is 11.8 Å². The first-order valence-electron chi connectivity index (χ1n) is 7.88. The summed E-state index contributed by atoms with van der Waals surface area (Å²) < 4.78 is 35.5. The molecule has 0 radical (unpaired) electrons. The van der Waals surface area contributed by atoms with Crippen molar-refractivity contribution in [1.82, 2.24) is 9.36 Å². The number of furan rings is 1. The summed E-state index contributed by atoms with van der Waals surface area (Å²) in [6.45, 7) is 2.42. The molecule has 0 bridgehead atoms. The summed E-state index contributed by atoms with van der Waals surface area (Å²) in [5, 5.41) is 11.7. The summed E-state index contributed by atoms with van der Waals surface area (Å²) in [4.78, 5) is 16.4. The fourth-order valence-electron chi connectivity index (χ4n) is 2.41. The normalized spacial score (nSPS) is 11.2. The van der Waals surface area contributed by atoms with Crippen LogP contribution in [0.5, 0.6) is 0 Å². The molecule has 0 saturated heterocycles. The minimum atomic E-state index is -2.92. The van der Waals surface area contributed by atoms with Crippen LogP contribution in [0.3, 0.4) is 0 Å². The van der Waals surface area contributed by atoms with Crippen molar-refractivity contribution in [3.8, 4) is 17.4 Å². The minimum Gasteiger partial charge on any atom is -0.461 e. The maximum Gasteiger partial charge on any atom is 0.261 e. The van der Waals surface area contributed by atoms with Gasteiger partial charge in [0.05, 0.1) is 23.6 Å². The molecule has 2 heterocycles. The monoisotopic (exact) mass is 388 g/mol. The summed E-state index contributed by atoms with van der Waals surface area (Å²) >= 11 is 0.834. The Bertz CT molecular complexity index is 1030. The van der Waals surface area contributed by atoms with Crippen molar-refractivity contribution >= 4 is 22.6 Å². The number of hydrogen-bond acceptors (Lipinski definition) is 6. The highest BCUT2D eigenvalue weighted by Crippen LogP contribution is 2.27. The van der Waals surface area contributed by atoms with Crippen LogP contribution in [0.15, 0.2) is 34.7 Å². The fourth-order valence-corrected chi connectivity index (χ4v) is 2.99. The lowest BCUT2D eigenvalue weighted by Gasteiger charge is -2.05. The Morgan fingerprint density at radius 3 is 2.89 bits per heavy atom. The molecule has 0 atom stereocenters. The molecule has 9 heteroatoms. The van der Waals surface area contributed by atoms with Crippen LogP contribution in [0.1, 0.15) is 34.4 Å². The lowest BCUT2D eigenvalue weighted by molar-refractivity contribution is 0.0209. The highest BCUT2D eigenvalue weighted by Gasteiger charge is 2.25. The highest BCUT2D eigenvalue weighted by molar-refractivity contribution is 7.09. The average Bonchev–Trinajstić information content (AvgIpc) is 3.19. The zero-order valence-electron chi connectivity index (χ0n) is 14.4. The molecule has 0 fully saturated rings. The Morgan fingerprint density at radius 1 is 1.41 bits per heavy atom. The van der Waals surface area contributed by atoms with E-state index in [1.807, 2.05) is 6.07 Å². The predicted molar refractivity (Wildman–Crippen MR) is 95.8 cm³/mol. The molecule has 1 N–H and O–H groups in total. The first kappa shape index (κ1) is 18.7. The third-order valence-electron chi connectivity index (χ3n) is 3.60. The standard InChI is InChI=1S/C18H14F2N4O2S/c1-10-13(7-14(26-10)12-5-3-4-11(6-12)9-21)16(25)23-17-22-15(24-27-17)8-18(2,19)20/h3-7H,8H2,1-2H3,(H,22,23,24,25). The van der Waals surface area contributed by atoms with E-state index in [9.17, 15) is 13.6 Å². The predicted octanol–water partition coefficient (Wildman–Crippen LogP) is 4.43. The van der Waals surface area contributed by atoms with Gasteiger partial charge in [-0.25, -0.2) is 13.8 Å². The highest BCUT2D eigenvalue weighted by atomic mass is 32.1. The van der Waals surface area contributed by atoms with E-state index in [1.54, 1.807) is 37.3 Å². The molecule has 3 rings (SSSR count). The van der Waals surface area contributed by atoms with Crippen molar-refractivity contribution in [1.29, 1.82) is 5.26 Å². The number of anilines is 1. The van der Waals surface area contributed by atoms with Crippen LogP contribution < -0.4 is 5.32 Å². The maximum absolute atomic E-state index is 13.0. The SMILES string of the molecule is Cc1oc(-c2cccc(C#N)c2)cc1C(=O)Nc1nc(CC(C)(F)F)ns1. The smallest absolute Gasteiger partial charge is 0.261 e. The average molecular weight is 388 g/mol. The second-order valence-corrected chi connectivity index (χ2v) is 6.74. The number of amides is 1. The van der Waals surface area contributed by atoms with Gasteiger partial charge in [0, 0.05) is 17.1 Å². The van der Waals surface area contributed by atoms with Crippen molar-refractivity contribution in [2.75, 3.05) is 5.32 Å². The number of rotatable bonds is 5. The summed E-state index contributed by atoms with van der Waals surface area (Å²) in [5.74, 6) is -2.60. The van der Waals surface area contributed by atoms with Gasteiger partial charge in [-0.05, 0) is 32.0 Å². The van der Waals surface area contributed by atoms with Gasteiger partial charge in [-0.2, -0.15) is 9.64 Å². The largest absolute Gasteiger partial charge is 0.461 e. The molecule has 0 aliphatic rings. The number of alkyl halides is 2. The number of aromatic nitrogens is 2. The Kier molecular flexibility index (Phi) is 5.01. The van der Waals surface area contributed by atoms with E-state index in [0.29, 0.717) is 22.6 Å². The van der Waals surface area contributed by atoms with Crippen LogP contribution in [0.25, 0.3) is 11.3 Å². The van der Waals surface area contributed by atoms with Crippen molar-refractivity contribution in [3.63, 3.8) is 0 Å². The lowest BCUT2D eigenvalue weighted by atomic mass is 10.1. The van der Waals surface area contributed by atoms with Crippen molar-refractivity contribution in [2.24, 2.45) is 0 Å². The summed E-state index contributed by atoms with van der Waals surface area (Å²) in [7, 11) is 0. The zero-order chi connectivity index (χ0) is 19.6. The zero-order valence-corrected chi connectivity index (χ0v) is 15.2. The van der Waals surface area contributed by atoms with Crippen LogP contribution >= 0.6 is 11.5 Å². The number of carbonyl (C=O) groups is 1. The van der Waals surface area contributed by atoms with Crippen LogP contribution in [0.4, 0.5) is 13.9 Å². The maximum atomic E-state index is 13.0. The van der Waals surface area contributed by atoms with Crippen LogP contribution in [0, 0.1) is 18.3 Å². The van der Waals surface area contributed by atoms with Gasteiger partial charge in [0.2, 0.25) is 5.13 Å². The van der Waals surface area contributed by atoms with Crippen molar-refractivity contribution in [3.05, 3.63) is 53.0 Å². The quantitative estimate of drug-likeness (QED) is 0.698. The number of hydrogen-bond donors (Lipinski definition) is 1. The summed E-state index contributed by atoms with van der Waals surface area (Å²) in [5.41, 5.74) is 1.42. The van der Waals surface area contributed by atoms with Gasteiger partial charge in [-0.15, -0.1) is 0 Å². The van der Waals surface area contributed by atoms with E-state index in [0.717, 1.165) is 18.5 Å². The molecule has 27 heavy (non-hydrogen) atoms. The molecule has 0 aliphatic heterocycles. The first-order chi connectivity index (χ1) is 12.7. The van der Waals surface area contributed by atoms with E-state index in [-0.39, 0.29) is 16.5 Å². The van der Waals surface area contributed by atoms with Gasteiger partial charge < -0.3 is 4.42 Å². The Balaban J connectivity index is 1.78. The van der Waals surface area contributed by atoms with Gasteiger partial charge in [0.1, 0.15) is 11.5 Å². The molecular formula is C18H14F2N4O2S. The number of nitrogens with one attached hydrogen (secondary N) is 1. The molecule has 1 aromatic carbocycles. The van der Waals surface area contributed by atoms with Crippen LogP contribution in [-0.2, 0) is 6.42 Å². The third-order valence-corrected chi connectivity index (χ3v) is 4.26. The lowest BCUT2D eigenvalue weighted by Crippen LogP contribution is -2.15. The third kappa shape index (κ3) is 4.54. The minimum absolute atomic E-state index is 0.0271. The molecule has 0 saturated carbocycles. The first-order valence-corrected chi connectivity index (χ1v) is 8.65. The molecule has 138 valence electrons. The number of carbonyl (C=O) groups excluding carboxylic acids is 1. The van der Waals surface area contributed by atoms with Crippen LogP contribution in [-0.4, -0.2) is 21.2 Å². The van der Waals surface area contributed by atoms with Gasteiger partial charge in [0.15, 0.2) is 5.82 Å². The molecular weight excluding hydrogens is 374 g/mol. The number of nitriles is 1. The van der Waals surface area contributed by atoms with E-state index in [2.05, 4.69) is 14.7 Å².